The summed E-state index contributed by atoms with van der Waals surface area (Å²) in [6.07, 6.45) is 7.01. The van der Waals surface area contributed by atoms with Crippen LogP contribution in [0.3, 0.4) is 0 Å². The number of fused-ring (bicyclic) bond motifs is 1. The molecule has 1 spiro atoms. The van der Waals surface area contributed by atoms with Crippen molar-refractivity contribution in [1.82, 2.24) is 24.9 Å². The molecule has 0 unspecified atom stereocenters. The minimum atomic E-state index is 0.460. The number of pyridine rings is 1. The van der Waals surface area contributed by atoms with Gasteiger partial charge < -0.3 is 10.6 Å². The molecule has 1 atom stereocenters. The van der Waals surface area contributed by atoms with E-state index in [-0.39, 0.29) is 0 Å². The van der Waals surface area contributed by atoms with Gasteiger partial charge >= 0.3 is 0 Å². The SMILES string of the molecule is c1cc(N[C@H]2CNCC23CC3)nc(-c2cnc3ccc(C4CC4)nn23)c1. The number of anilines is 1. The molecule has 0 radical (unpaired) electrons. The molecule has 6 rings (SSSR count). The van der Waals surface area contributed by atoms with Crippen molar-refractivity contribution in [3.05, 3.63) is 42.2 Å². The van der Waals surface area contributed by atoms with Crippen molar-refractivity contribution in [2.45, 2.75) is 37.6 Å². The number of nitrogens with zero attached hydrogens (tertiary/aromatic N) is 4. The summed E-state index contributed by atoms with van der Waals surface area (Å²) in [6.45, 7) is 2.15. The van der Waals surface area contributed by atoms with Gasteiger partial charge in [-0.05, 0) is 49.9 Å². The van der Waals surface area contributed by atoms with E-state index in [4.69, 9.17) is 10.1 Å². The van der Waals surface area contributed by atoms with Gasteiger partial charge in [-0.3, -0.25) is 0 Å². The second-order valence-electron chi connectivity index (χ2n) is 8.04. The molecule has 26 heavy (non-hydrogen) atoms. The van der Waals surface area contributed by atoms with Crippen LogP contribution in [0.4, 0.5) is 5.82 Å². The molecule has 1 saturated heterocycles. The van der Waals surface area contributed by atoms with Crippen LogP contribution in [-0.4, -0.2) is 38.7 Å². The van der Waals surface area contributed by atoms with E-state index in [2.05, 4.69) is 39.9 Å². The average molecular weight is 346 g/mol. The maximum atomic E-state index is 4.87. The summed E-state index contributed by atoms with van der Waals surface area (Å²) in [7, 11) is 0. The molecule has 0 bridgehead atoms. The molecule has 3 aromatic heterocycles. The van der Waals surface area contributed by atoms with E-state index in [1.807, 2.05) is 16.8 Å². The van der Waals surface area contributed by atoms with E-state index in [0.29, 0.717) is 17.4 Å². The second-order valence-corrected chi connectivity index (χ2v) is 8.04. The number of rotatable bonds is 4. The Balaban J connectivity index is 1.35. The fourth-order valence-corrected chi connectivity index (χ4v) is 4.19. The van der Waals surface area contributed by atoms with Gasteiger partial charge in [0.15, 0.2) is 5.65 Å². The third kappa shape index (κ3) is 2.32. The molecule has 1 aliphatic heterocycles. The quantitative estimate of drug-likeness (QED) is 0.760. The lowest BCUT2D eigenvalue weighted by Gasteiger charge is -2.19. The Morgan fingerprint density at radius 2 is 2.08 bits per heavy atom. The van der Waals surface area contributed by atoms with Crippen LogP contribution in [0, 0.1) is 5.41 Å². The van der Waals surface area contributed by atoms with E-state index in [1.165, 1.54) is 31.4 Å². The van der Waals surface area contributed by atoms with E-state index in [9.17, 15) is 0 Å². The van der Waals surface area contributed by atoms with Crippen molar-refractivity contribution < 1.29 is 0 Å². The molecule has 2 N–H and O–H groups in total. The Morgan fingerprint density at radius 3 is 2.92 bits per heavy atom. The predicted octanol–water partition coefficient (Wildman–Crippen LogP) is 2.83. The first-order chi connectivity index (χ1) is 12.8. The molecule has 3 aliphatic rings. The first-order valence-corrected chi connectivity index (χ1v) is 9.60. The summed E-state index contributed by atoms with van der Waals surface area (Å²) in [5, 5.41) is 12.0. The van der Waals surface area contributed by atoms with Crippen molar-refractivity contribution in [3.63, 3.8) is 0 Å². The van der Waals surface area contributed by atoms with Crippen molar-refractivity contribution in [2.75, 3.05) is 18.4 Å². The summed E-state index contributed by atoms with van der Waals surface area (Å²) >= 11 is 0. The lowest BCUT2D eigenvalue weighted by Crippen LogP contribution is -2.29. The van der Waals surface area contributed by atoms with Crippen LogP contribution >= 0.6 is 0 Å². The Bertz CT molecular complexity index is 985. The number of imidazole rings is 1. The molecule has 4 heterocycles. The van der Waals surface area contributed by atoms with Gasteiger partial charge in [0.05, 0.1) is 17.6 Å². The van der Waals surface area contributed by atoms with Crippen molar-refractivity contribution in [1.29, 1.82) is 0 Å². The third-order valence-corrected chi connectivity index (χ3v) is 6.17. The summed E-state index contributed by atoms with van der Waals surface area (Å²) in [4.78, 5) is 9.38. The fourth-order valence-electron chi connectivity index (χ4n) is 4.19. The topological polar surface area (TPSA) is 67.1 Å². The largest absolute Gasteiger partial charge is 0.365 e. The molecular formula is C20H22N6. The van der Waals surface area contributed by atoms with E-state index >= 15 is 0 Å². The lowest BCUT2D eigenvalue weighted by atomic mass is 10.0. The van der Waals surface area contributed by atoms with Gasteiger partial charge in [0.1, 0.15) is 11.5 Å². The third-order valence-electron chi connectivity index (χ3n) is 6.17. The minimum Gasteiger partial charge on any atom is -0.365 e. The first-order valence-electron chi connectivity index (χ1n) is 9.60. The van der Waals surface area contributed by atoms with Crippen LogP contribution in [-0.2, 0) is 0 Å². The summed E-state index contributed by atoms with van der Waals surface area (Å²) in [5.74, 6) is 1.57. The number of aromatic nitrogens is 4. The van der Waals surface area contributed by atoms with Gasteiger partial charge in [-0.25, -0.2) is 14.5 Å². The molecule has 3 fully saturated rings. The van der Waals surface area contributed by atoms with Gasteiger partial charge in [-0.15, -0.1) is 0 Å². The smallest absolute Gasteiger partial charge is 0.154 e. The van der Waals surface area contributed by atoms with E-state index in [1.54, 1.807) is 0 Å². The molecule has 0 aromatic carbocycles. The highest BCUT2D eigenvalue weighted by Crippen LogP contribution is 2.51. The second kappa shape index (κ2) is 5.27. The van der Waals surface area contributed by atoms with Crippen molar-refractivity contribution in [2.24, 2.45) is 5.41 Å². The summed E-state index contributed by atoms with van der Waals surface area (Å²) < 4.78 is 1.94. The lowest BCUT2D eigenvalue weighted by molar-refractivity contribution is 0.523. The molecule has 3 aromatic rings. The molecule has 2 saturated carbocycles. The van der Waals surface area contributed by atoms with Gasteiger partial charge in [-0.2, -0.15) is 5.10 Å². The van der Waals surface area contributed by atoms with Crippen LogP contribution in [0.25, 0.3) is 17.0 Å². The van der Waals surface area contributed by atoms with Gasteiger partial charge in [0.2, 0.25) is 0 Å². The molecule has 132 valence electrons. The highest BCUT2D eigenvalue weighted by atomic mass is 15.3. The van der Waals surface area contributed by atoms with Gasteiger partial charge in [0, 0.05) is 30.5 Å². The number of hydrogen-bond donors (Lipinski definition) is 2. The minimum absolute atomic E-state index is 0.460. The summed E-state index contributed by atoms with van der Waals surface area (Å²) in [6, 6.07) is 10.8. The Morgan fingerprint density at radius 1 is 1.15 bits per heavy atom. The van der Waals surface area contributed by atoms with E-state index in [0.717, 1.165) is 35.9 Å². The molecular weight excluding hydrogens is 324 g/mol. The molecule has 6 nitrogen and oxygen atoms in total. The summed E-state index contributed by atoms with van der Waals surface area (Å²) in [5.41, 5.74) is 4.37. The molecule has 6 heteroatoms. The van der Waals surface area contributed by atoms with Crippen LogP contribution in [0.2, 0.25) is 0 Å². The van der Waals surface area contributed by atoms with Crippen molar-refractivity contribution >= 4 is 11.5 Å². The Kier molecular flexibility index (Phi) is 2.97. The Hall–Kier alpha value is -2.47. The van der Waals surface area contributed by atoms with E-state index < -0.39 is 0 Å². The molecule has 0 amide bonds. The number of nitrogens with one attached hydrogen (secondary N) is 2. The zero-order chi connectivity index (χ0) is 17.1. The monoisotopic (exact) mass is 346 g/mol. The zero-order valence-electron chi connectivity index (χ0n) is 14.7. The van der Waals surface area contributed by atoms with Gasteiger partial charge in [0.25, 0.3) is 0 Å². The Labute approximate surface area is 152 Å². The first kappa shape index (κ1) is 14.7. The van der Waals surface area contributed by atoms with Crippen LogP contribution in [0.15, 0.2) is 36.5 Å². The maximum Gasteiger partial charge on any atom is 0.154 e. The highest BCUT2D eigenvalue weighted by Gasteiger charge is 2.52. The van der Waals surface area contributed by atoms with Crippen LogP contribution in [0.1, 0.15) is 37.3 Å². The van der Waals surface area contributed by atoms with Gasteiger partial charge in [-0.1, -0.05) is 6.07 Å². The fraction of sp³-hybridized carbons (Fsp3) is 0.450. The zero-order valence-corrected chi connectivity index (χ0v) is 14.7. The average Bonchev–Trinajstić information content (AvgIpc) is 3.57. The van der Waals surface area contributed by atoms with Crippen LogP contribution < -0.4 is 10.6 Å². The number of hydrogen-bond acceptors (Lipinski definition) is 5. The normalized spacial score (nSPS) is 23.6. The molecule has 2 aliphatic carbocycles. The predicted molar refractivity (Wildman–Crippen MR) is 100 cm³/mol. The maximum absolute atomic E-state index is 4.87. The van der Waals surface area contributed by atoms with Crippen LogP contribution in [0.5, 0.6) is 0 Å². The highest BCUT2D eigenvalue weighted by molar-refractivity contribution is 5.61. The van der Waals surface area contributed by atoms with Crippen molar-refractivity contribution in [3.8, 4) is 11.4 Å². The standard InChI is InChI=1S/C20H22N6/c1-2-15(23-18(3-1)24-17-11-21-12-20(17)8-9-20)16-10-22-19-7-6-14(13-4-5-13)25-26(16)19/h1-3,6-7,10,13,17,21H,4-5,8-9,11-12H2,(H,23,24)/t17-/m0/s1.